The summed E-state index contributed by atoms with van der Waals surface area (Å²) in [7, 11) is -0.858. The predicted octanol–water partition coefficient (Wildman–Crippen LogP) is -0.469. The third-order valence-corrected chi connectivity index (χ3v) is 2.23. The topological polar surface area (TPSA) is 66.8 Å². The van der Waals surface area contributed by atoms with Crippen molar-refractivity contribution in [1.82, 2.24) is 0 Å². The minimum atomic E-state index is -0.858. The summed E-state index contributed by atoms with van der Waals surface area (Å²) in [5, 5.41) is 17.9. The maximum absolute atomic E-state index is 10.5. The molecule has 1 aromatic rings. The quantitative estimate of drug-likeness (QED) is 0.621. The van der Waals surface area contributed by atoms with E-state index in [1.165, 1.54) is 0 Å². The Morgan fingerprint density at radius 2 is 2.36 bits per heavy atom. The van der Waals surface area contributed by atoms with Gasteiger partial charge in [-0.1, -0.05) is 18.2 Å². The lowest BCUT2D eigenvalue weighted by atomic mass is 9.79. The van der Waals surface area contributed by atoms with Crippen molar-refractivity contribution in [2.75, 3.05) is 0 Å². The van der Waals surface area contributed by atoms with Crippen molar-refractivity contribution in [2.45, 2.75) is 13.0 Å². The Kier molecular flexibility index (Phi) is 2.27. The van der Waals surface area contributed by atoms with Crippen LogP contribution in [0.3, 0.4) is 0 Å². The smallest absolute Gasteiger partial charge is 0.481 e. The van der Waals surface area contributed by atoms with Gasteiger partial charge in [-0.2, -0.15) is 0 Å². The number of aliphatic carboxylic acids is 1. The monoisotopic (exact) mass is 192 g/mol. The van der Waals surface area contributed by atoms with Crippen molar-refractivity contribution < 1.29 is 19.6 Å². The number of carboxylic acids is 1. The maximum atomic E-state index is 10.5. The van der Waals surface area contributed by atoms with Crippen LogP contribution in [0.1, 0.15) is 11.1 Å². The zero-order valence-electron chi connectivity index (χ0n) is 7.43. The van der Waals surface area contributed by atoms with Crippen molar-refractivity contribution in [2.24, 2.45) is 0 Å². The summed E-state index contributed by atoms with van der Waals surface area (Å²) >= 11 is 0. The normalized spacial score (nSPS) is 14.2. The van der Waals surface area contributed by atoms with E-state index >= 15 is 0 Å². The molecule has 0 unspecified atom stereocenters. The van der Waals surface area contributed by atoms with E-state index < -0.39 is 13.1 Å². The summed E-state index contributed by atoms with van der Waals surface area (Å²) in [6.07, 6.45) is 0.00335. The molecule has 0 spiro atoms. The molecule has 0 aliphatic carbocycles. The number of carbonyl (C=O) groups is 1. The molecule has 4 nitrogen and oxygen atoms in total. The van der Waals surface area contributed by atoms with Crippen molar-refractivity contribution in [1.29, 1.82) is 0 Å². The van der Waals surface area contributed by atoms with E-state index in [1.807, 2.05) is 0 Å². The molecule has 1 aromatic carbocycles. The molecule has 2 N–H and O–H groups in total. The van der Waals surface area contributed by atoms with E-state index in [0.717, 1.165) is 16.6 Å². The van der Waals surface area contributed by atoms with Gasteiger partial charge in [0.1, 0.15) is 0 Å². The van der Waals surface area contributed by atoms with Gasteiger partial charge >= 0.3 is 13.1 Å². The molecule has 2 rings (SSSR count). The fraction of sp³-hybridized carbons (Fsp3) is 0.222. The summed E-state index contributed by atoms with van der Waals surface area (Å²) in [5.74, 6) is -0.857. The molecule has 0 radical (unpaired) electrons. The Morgan fingerprint density at radius 1 is 1.57 bits per heavy atom. The molecule has 1 aliphatic rings. The van der Waals surface area contributed by atoms with Gasteiger partial charge in [0.15, 0.2) is 0 Å². The molecule has 1 aliphatic heterocycles. The fourth-order valence-corrected chi connectivity index (χ4v) is 1.57. The zero-order valence-corrected chi connectivity index (χ0v) is 7.43. The molecule has 0 bridgehead atoms. The van der Waals surface area contributed by atoms with Gasteiger partial charge in [0, 0.05) is 0 Å². The molecular formula is C9H9BO4. The summed E-state index contributed by atoms with van der Waals surface area (Å²) in [6.45, 7) is 0.351. The number of rotatable bonds is 2. The van der Waals surface area contributed by atoms with Crippen LogP contribution in [-0.2, 0) is 22.5 Å². The van der Waals surface area contributed by atoms with Crippen molar-refractivity contribution in [3.8, 4) is 0 Å². The van der Waals surface area contributed by atoms with Gasteiger partial charge in [-0.25, -0.2) is 0 Å². The van der Waals surface area contributed by atoms with Gasteiger partial charge in [0.2, 0.25) is 0 Å². The Labute approximate surface area is 81.3 Å². The maximum Gasteiger partial charge on any atom is 0.491 e. The van der Waals surface area contributed by atoms with Crippen LogP contribution < -0.4 is 5.46 Å². The molecule has 0 aromatic heterocycles. The molecule has 5 heteroatoms. The highest BCUT2D eigenvalue weighted by Gasteiger charge is 2.26. The standard InChI is InChI=1S/C9H9BO4/c11-9(12)4-6-1-2-8-7(3-6)5-14-10(8)13/h1-3,13H,4-5H2,(H,11,12). The number of fused-ring (bicyclic) bond motifs is 1. The molecule has 14 heavy (non-hydrogen) atoms. The number of benzene rings is 1. The highest BCUT2D eigenvalue weighted by atomic mass is 16.5. The van der Waals surface area contributed by atoms with Crippen LogP contribution in [0.4, 0.5) is 0 Å². The molecular weight excluding hydrogens is 183 g/mol. The number of carboxylic acid groups (broad SMARTS) is 1. The fourth-order valence-electron chi connectivity index (χ4n) is 1.57. The lowest BCUT2D eigenvalue weighted by Gasteiger charge is -2.01. The number of hydrogen-bond donors (Lipinski definition) is 2. The van der Waals surface area contributed by atoms with E-state index in [4.69, 9.17) is 9.76 Å². The van der Waals surface area contributed by atoms with Gasteiger partial charge in [-0.15, -0.1) is 0 Å². The van der Waals surface area contributed by atoms with Crippen LogP contribution in [-0.4, -0.2) is 23.2 Å². The predicted molar refractivity (Wildman–Crippen MR) is 50.2 cm³/mol. The molecule has 1 heterocycles. The molecule has 0 saturated carbocycles. The van der Waals surface area contributed by atoms with Crippen LogP contribution in [0.25, 0.3) is 0 Å². The average Bonchev–Trinajstić information content (AvgIpc) is 2.46. The first-order valence-electron chi connectivity index (χ1n) is 4.30. The summed E-state index contributed by atoms with van der Waals surface area (Å²) in [5.41, 5.74) is 2.34. The van der Waals surface area contributed by atoms with E-state index in [2.05, 4.69) is 0 Å². The Hall–Kier alpha value is -1.33. The van der Waals surface area contributed by atoms with Gasteiger partial charge in [0.25, 0.3) is 0 Å². The van der Waals surface area contributed by atoms with Crippen LogP contribution in [0.15, 0.2) is 18.2 Å². The lowest BCUT2D eigenvalue weighted by Crippen LogP contribution is -2.27. The highest BCUT2D eigenvalue weighted by molar-refractivity contribution is 6.61. The largest absolute Gasteiger partial charge is 0.491 e. The Morgan fingerprint density at radius 3 is 3.07 bits per heavy atom. The SMILES string of the molecule is O=C(O)Cc1ccc2c(c1)COB2O. The van der Waals surface area contributed by atoms with Gasteiger partial charge in [0.05, 0.1) is 13.0 Å². The minimum Gasteiger partial charge on any atom is -0.481 e. The van der Waals surface area contributed by atoms with E-state index in [0.29, 0.717) is 6.61 Å². The van der Waals surface area contributed by atoms with Crippen molar-refractivity contribution in [3.63, 3.8) is 0 Å². The summed E-state index contributed by atoms with van der Waals surface area (Å²) < 4.78 is 4.99. The summed E-state index contributed by atoms with van der Waals surface area (Å²) in [4.78, 5) is 10.5. The second-order valence-electron chi connectivity index (χ2n) is 3.27. The molecule has 72 valence electrons. The van der Waals surface area contributed by atoms with Crippen LogP contribution in [0.5, 0.6) is 0 Å². The van der Waals surface area contributed by atoms with Crippen LogP contribution >= 0.6 is 0 Å². The lowest BCUT2D eigenvalue weighted by molar-refractivity contribution is -0.136. The average molecular weight is 192 g/mol. The molecule has 0 fully saturated rings. The second-order valence-corrected chi connectivity index (χ2v) is 3.27. The van der Waals surface area contributed by atoms with E-state index in [9.17, 15) is 9.82 Å². The van der Waals surface area contributed by atoms with Crippen molar-refractivity contribution in [3.05, 3.63) is 29.3 Å². The van der Waals surface area contributed by atoms with E-state index in [-0.39, 0.29) is 6.42 Å². The zero-order chi connectivity index (χ0) is 10.1. The summed E-state index contributed by atoms with van der Waals surface area (Å²) in [6, 6.07) is 5.18. The minimum absolute atomic E-state index is 0.00335. The van der Waals surface area contributed by atoms with Crippen LogP contribution in [0.2, 0.25) is 0 Å². The third-order valence-electron chi connectivity index (χ3n) is 2.23. The van der Waals surface area contributed by atoms with Crippen molar-refractivity contribution >= 4 is 18.6 Å². The first-order chi connectivity index (χ1) is 6.66. The highest BCUT2D eigenvalue weighted by Crippen LogP contribution is 2.12. The van der Waals surface area contributed by atoms with Gasteiger partial charge in [-0.3, -0.25) is 4.79 Å². The Bertz CT molecular complexity index is 377. The van der Waals surface area contributed by atoms with Gasteiger partial charge < -0.3 is 14.8 Å². The molecule has 0 saturated heterocycles. The van der Waals surface area contributed by atoms with E-state index in [1.54, 1.807) is 18.2 Å². The third kappa shape index (κ3) is 1.64. The molecule has 0 atom stereocenters. The first kappa shape index (κ1) is 9.24. The first-order valence-corrected chi connectivity index (χ1v) is 4.30. The second kappa shape index (κ2) is 3.44. The van der Waals surface area contributed by atoms with Crippen LogP contribution in [0, 0.1) is 0 Å². The number of hydrogen-bond acceptors (Lipinski definition) is 3. The Balaban J connectivity index is 2.28. The van der Waals surface area contributed by atoms with Gasteiger partial charge in [-0.05, 0) is 16.6 Å². The molecule has 0 amide bonds.